The quantitative estimate of drug-likeness (QED) is 0.570. The molecule has 0 spiro atoms. The Kier molecular flexibility index (Phi) is 8.95. The van der Waals surface area contributed by atoms with E-state index < -0.39 is 5.41 Å². The molecular formula is C27H41ClN4O3. The van der Waals surface area contributed by atoms with Crippen molar-refractivity contribution in [3.05, 3.63) is 29.3 Å². The van der Waals surface area contributed by atoms with Gasteiger partial charge in [0.2, 0.25) is 11.8 Å². The molecule has 1 aromatic carbocycles. The third-order valence-electron chi connectivity index (χ3n) is 7.97. The molecule has 0 saturated carbocycles. The molecule has 35 heavy (non-hydrogen) atoms. The van der Waals surface area contributed by atoms with Crippen LogP contribution in [-0.4, -0.2) is 104 Å². The normalized spacial score (nSPS) is 25.0. The molecule has 3 saturated heterocycles. The van der Waals surface area contributed by atoms with Crippen LogP contribution in [0.25, 0.3) is 0 Å². The molecular weight excluding hydrogens is 464 g/mol. The molecule has 0 unspecified atom stereocenters. The van der Waals surface area contributed by atoms with Gasteiger partial charge < -0.3 is 19.4 Å². The molecule has 194 valence electrons. The number of likely N-dealkylation sites (tertiary alicyclic amines) is 2. The lowest BCUT2D eigenvalue weighted by Crippen LogP contribution is -2.54. The molecule has 4 rings (SSSR count). The summed E-state index contributed by atoms with van der Waals surface area (Å²) in [6.45, 7) is 9.79. The summed E-state index contributed by atoms with van der Waals surface area (Å²) >= 11 is 6.16. The van der Waals surface area contributed by atoms with Gasteiger partial charge in [0.15, 0.2) is 0 Å². The van der Waals surface area contributed by atoms with Gasteiger partial charge in [0, 0.05) is 56.1 Å². The minimum atomic E-state index is -0.396. The highest BCUT2D eigenvalue weighted by atomic mass is 35.5. The van der Waals surface area contributed by atoms with E-state index in [-0.39, 0.29) is 11.8 Å². The number of rotatable bonds is 7. The first-order valence-corrected chi connectivity index (χ1v) is 13.5. The molecule has 1 atom stereocenters. The number of carbonyl (C=O) groups excluding carboxylic acids is 2. The number of carbonyl (C=O) groups is 2. The van der Waals surface area contributed by atoms with E-state index in [9.17, 15) is 9.59 Å². The van der Waals surface area contributed by atoms with Crippen molar-refractivity contribution >= 4 is 23.4 Å². The monoisotopic (exact) mass is 504 g/mol. The lowest BCUT2D eigenvalue weighted by Gasteiger charge is -2.44. The molecule has 0 aliphatic carbocycles. The van der Waals surface area contributed by atoms with Crippen molar-refractivity contribution in [2.45, 2.75) is 39.0 Å². The van der Waals surface area contributed by atoms with Crippen molar-refractivity contribution in [1.82, 2.24) is 19.6 Å². The second kappa shape index (κ2) is 11.9. The Morgan fingerprint density at radius 3 is 2.49 bits per heavy atom. The van der Waals surface area contributed by atoms with Gasteiger partial charge >= 0.3 is 0 Å². The number of benzene rings is 1. The molecule has 0 radical (unpaired) electrons. The first-order chi connectivity index (χ1) is 16.8. The summed E-state index contributed by atoms with van der Waals surface area (Å²) in [5.74, 6) is 1.80. The minimum absolute atomic E-state index is 0.173. The predicted molar refractivity (Wildman–Crippen MR) is 139 cm³/mol. The molecule has 2 amide bonds. The van der Waals surface area contributed by atoms with Crippen molar-refractivity contribution in [2.24, 2.45) is 11.3 Å². The summed E-state index contributed by atoms with van der Waals surface area (Å²) in [4.78, 5) is 35.2. The van der Waals surface area contributed by atoms with E-state index in [4.69, 9.17) is 16.3 Å². The van der Waals surface area contributed by atoms with Crippen LogP contribution in [0.15, 0.2) is 24.3 Å². The Morgan fingerprint density at radius 1 is 1.03 bits per heavy atom. The number of halogens is 1. The number of nitrogens with zero attached hydrogens (tertiary/aromatic N) is 4. The zero-order valence-corrected chi connectivity index (χ0v) is 22.1. The maximum Gasteiger partial charge on any atom is 0.236 e. The highest BCUT2D eigenvalue weighted by Gasteiger charge is 2.41. The smallest absolute Gasteiger partial charge is 0.236 e. The van der Waals surface area contributed by atoms with Gasteiger partial charge in [-0.3, -0.25) is 14.5 Å². The summed E-state index contributed by atoms with van der Waals surface area (Å²) in [6, 6.07) is 7.39. The second-order valence-electron chi connectivity index (χ2n) is 11.0. The summed E-state index contributed by atoms with van der Waals surface area (Å²) in [6.07, 6.45) is 4.48. The first kappa shape index (κ1) is 26.2. The maximum atomic E-state index is 13.4. The van der Waals surface area contributed by atoms with Crippen molar-refractivity contribution < 1.29 is 14.3 Å². The second-order valence-corrected chi connectivity index (χ2v) is 11.4. The van der Waals surface area contributed by atoms with Crippen LogP contribution in [0.5, 0.6) is 5.75 Å². The van der Waals surface area contributed by atoms with Gasteiger partial charge in [-0.05, 0) is 69.9 Å². The van der Waals surface area contributed by atoms with Gasteiger partial charge in [0.25, 0.3) is 0 Å². The van der Waals surface area contributed by atoms with E-state index in [0.29, 0.717) is 36.9 Å². The van der Waals surface area contributed by atoms with Gasteiger partial charge in [-0.25, -0.2) is 0 Å². The number of piperidine rings is 2. The number of hydrogen-bond acceptors (Lipinski definition) is 5. The van der Waals surface area contributed by atoms with E-state index in [1.165, 1.54) is 0 Å². The van der Waals surface area contributed by atoms with Crippen LogP contribution in [0, 0.1) is 11.3 Å². The summed E-state index contributed by atoms with van der Waals surface area (Å²) < 4.78 is 6.21. The average molecular weight is 505 g/mol. The number of ether oxygens (including phenoxy) is 1. The Hall–Kier alpha value is -1.83. The number of hydrogen-bond donors (Lipinski definition) is 0. The fraction of sp³-hybridized carbons (Fsp3) is 0.704. The summed E-state index contributed by atoms with van der Waals surface area (Å²) in [5, 5.41) is 0.626. The van der Waals surface area contributed by atoms with Crippen molar-refractivity contribution in [2.75, 3.05) is 72.6 Å². The molecule has 0 aromatic heterocycles. The molecule has 7 nitrogen and oxygen atoms in total. The summed E-state index contributed by atoms with van der Waals surface area (Å²) in [5.41, 5.74) is -0.396. The largest absolute Gasteiger partial charge is 0.493 e. The summed E-state index contributed by atoms with van der Waals surface area (Å²) in [7, 11) is 2.09. The van der Waals surface area contributed by atoms with Crippen LogP contribution in [0.2, 0.25) is 5.02 Å². The van der Waals surface area contributed by atoms with E-state index in [1.54, 1.807) is 6.07 Å². The van der Waals surface area contributed by atoms with Crippen LogP contribution < -0.4 is 4.74 Å². The van der Waals surface area contributed by atoms with Gasteiger partial charge in [-0.2, -0.15) is 0 Å². The molecule has 0 N–H and O–H groups in total. The van der Waals surface area contributed by atoms with Crippen molar-refractivity contribution in [3.63, 3.8) is 0 Å². The Morgan fingerprint density at radius 2 is 1.77 bits per heavy atom. The predicted octanol–water partition coefficient (Wildman–Crippen LogP) is 3.22. The van der Waals surface area contributed by atoms with Crippen molar-refractivity contribution in [1.29, 1.82) is 0 Å². The molecule has 1 aromatic rings. The van der Waals surface area contributed by atoms with Crippen LogP contribution in [0.1, 0.15) is 39.0 Å². The molecule has 3 aliphatic heterocycles. The van der Waals surface area contributed by atoms with Crippen molar-refractivity contribution in [3.8, 4) is 5.75 Å². The van der Waals surface area contributed by atoms with Crippen LogP contribution in [-0.2, 0) is 9.59 Å². The SMILES string of the molecule is CC1CCN(CC(=O)N2CCC[C@](COc3cccc(Cl)c3)(CC(=O)N3CCN(C)CC3)C2)CC1. The molecule has 3 aliphatic rings. The number of piperazine rings is 1. The first-order valence-electron chi connectivity index (χ1n) is 13.2. The highest BCUT2D eigenvalue weighted by molar-refractivity contribution is 6.30. The fourth-order valence-corrected chi connectivity index (χ4v) is 5.71. The van der Waals surface area contributed by atoms with Gasteiger partial charge in [0.05, 0.1) is 13.2 Å². The standard InChI is InChI=1S/C27H41ClN4O3/c1-22-7-11-30(12-8-22)19-26(34)32-10-4-9-27(20-32,21-35-24-6-3-5-23(28)17-24)18-25(33)31-15-13-29(2)14-16-31/h3,5-6,17,22H,4,7-16,18-21H2,1-2H3/t27-/m0/s1. The zero-order chi connectivity index (χ0) is 24.8. The Balaban J connectivity index is 1.44. The lowest BCUT2D eigenvalue weighted by molar-refractivity contribution is -0.143. The minimum Gasteiger partial charge on any atom is -0.493 e. The van der Waals surface area contributed by atoms with Crippen LogP contribution in [0.4, 0.5) is 0 Å². The number of amides is 2. The van der Waals surface area contributed by atoms with Gasteiger partial charge in [0.1, 0.15) is 5.75 Å². The third kappa shape index (κ3) is 7.34. The average Bonchev–Trinajstić information content (AvgIpc) is 2.85. The van der Waals surface area contributed by atoms with E-state index in [2.05, 4.69) is 23.8 Å². The maximum absolute atomic E-state index is 13.4. The Bertz CT molecular complexity index is 868. The van der Waals surface area contributed by atoms with Crippen LogP contribution >= 0.6 is 11.6 Å². The van der Waals surface area contributed by atoms with Gasteiger partial charge in [-0.15, -0.1) is 0 Å². The van der Waals surface area contributed by atoms with E-state index >= 15 is 0 Å². The zero-order valence-electron chi connectivity index (χ0n) is 21.4. The Labute approximate surface area is 215 Å². The topological polar surface area (TPSA) is 56.3 Å². The third-order valence-corrected chi connectivity index (χ3v) is 8.21. The van der Waals surface area contributed by atoms with E-state index in [1.807, 2.05) is 28.0 Å². The highest BCUT2D eigenvalue weighted by Crippen LogP contribution is 2.36. The number of likely N-dealkylation sites (N-methyl/N-ethyl adjacent to an activating group) is 1. The molecule has 3 fully saturated rings. The molecule has 0 bridgehead atoms. The fourth-order valence-electron chi connectivity index (χ4n) is 5.53. The lowest BCUT2D eigenvalue weighted by atomic mass is 9.77. The molecule has 3 heterocycles. The van der Waals surface area contributed by atoms with Crippen LogP contribution in [0.3, 0.4) is 0 Å². The molecule has 8 heteroatoms. The van der Waals surface area contributed by atoms with Gasteiger partial charge in [-0.1, -0.05) is 24.6 Å². The van der Waals surface area contributed by atoms with E-state index in [0.717, 1.165) is 77.4 Å².